The highest BCUT2D eigenvalue weighted by atomic mass is 79.9. The highest BCUT2D eigenvalue weighted by molar-refractivity contribution is 9.10. The first-order valence-electron chi connectivity index (χ1n) is 6.38. The van der Waals surface area contributed by atoms with Crippen molar-refractivity contribution in [1.82, 2.24) is 5.32 Å². The smallest absolute Gasteiger partial charge is 0.252 e. The van der Waals surface area contributed by atoms with Crippen LogP contribution in [-0.4, -0.2) is 13.0 Å². The fraction of sp³-hybridized carbons (Fsp3) is 0.188. The number of hydrogen-bond acceptors (Lipinski definition) is 2. The summed E-state index contributed by atoms with van der Waals surface area (Å²) in [5, 5.41) is 2.76. The molecule has 0 aliphatic rings. The van der Waals surface area contributed by atoms with Gasteiger partial charge >= 0.3 is 0 Å². The van der Waals surface area contributed by atoms with E-state index >= 15 is 0 Å². The number of halogens is 2. The molecule has 0 aliphatic heterocycles. The number of ether oxygens (including phenoxy) is 1. The molecule has 110 valence electrons. The van der Waals surface area contributed by atoms with E-state index in [1.807, 2.05) is 0 Å². The molecule has 3 nitrogen and oxygen atoms in total. The molecule has 0 radical (unpaired) electrons. The largest absolute Gasteiger partial charge is 0.497 e. The third-order valence-electron chi connectivity index (χ3n) is 3.11. The van der Waals surface area contributed by atoms with Gasteiger partial charge in [-0.2, -0.15) is 0 Å². The monoisotopic (exact) mass is 351 g/mol. The lowest BCUT2D eigenvalue weighted by Crippen LogP contribution is -2.23. The van der Waals surface area contributed by atoms with Crippen LogP contribution in [0.25, 0.3) is 0 Å². The second kappa shape index (κ2) is 6.72. The van der Waals surface area contributed by atoms with Crippen molar-refractivity contribution in [3.05, 3.63) is 63.4 Å². The van der Waals surface area contributed by atoms with Crippen molar-refractivity contribution >= 4 is 21.8 Å². The van der Waals surface area contributed by atoms with Crippen molar-refractivity contribution in [2.24, 2.45) is 0 Å². The fourth-order valence-electron chi connectivity index (χ4n) is 1.83. The first-order valence-corrected chi connectivity index (χ1v) is 7.17. The second-order valence-corrected chi connectivity index (χ2v) is 5.47. The van der Waals surface area contributed by atoms with Gasteiger partial charge in [-0.05, 0) is 58.2 Å². The summed E-state index contributed by atoms with van der Waals surface area (Å²) < 4.78 is 19.2. The molecular formula is C16H15BrFNO2. The number of amides is 1. The highest BCUT2D eigenvalue weighted by Gasteiger charge is 2.11. The number of carbonyl (C=O) groups excluding carboxylic acids is 1. The molecule has 1 amide bonds. The number of rotatable bonds is 4. The van der Waals surface area contributed by atoms with E-state index in [2.05, 4.69) is 21.2 Å². The molecule has 0 fully saturated rings. The predicted octanol–water partition coefficient (Wildman–Crippen LogP) is 3.84. The zero-order chi connectivity index (χ0) is 15.4. The molecule has 0 saturated heterocycles. The average Bonchev–Trinajstić information content (AvgIpc) is 2.48. The van der Waals surface area contributed by atoms with Gasteiger partial charge in [-0.25, -0.2) is 4.39 Å². The lowest BCUT2D eigenvalue weighted by atomic mass is 10.1. The zero-order valence-electron chi connectivity index (χ0n) is 11.7. The minimum Gasteiger partial charge on any atom is -0.497 e. The van der Waals surface area contributed by atoms with E-state index in [1.165, 1.54) is 6.07 Å². The van der Waals surface area contributed by atoms with E-state index in [-0.39, 0.29) is 18.3 Å². The van der Waals surface area contributed by atoms with Crippen molar-refractivity contribution < 1.29 is 13.9 Å². The van der Waals surface area contributed by atoms with Gasteiger partial charge in [0, 0.05) is 11.0 Å². The summed E-state index contributed by atoms with van der Waals surface area (Å²) in [4.78, 5) is 12.2. The normalized spacial score (nSPS) is 10.3. The Morgan fingerprint density at radius 2 is 2.05 bits per heavy atom. The number of carbonyl (C=O) groups is 1. The standard InChI is InChI=1S/C16H15BrFNO2/c1-10-3-4-11(7-15(10)18)9-19-16(20)13-8-12(21-2)5-6-14(13)17/h3-8H,9H2,1-2H3,(H,19,20). The van der Waals surface area contributed by atoms with Crippen LogP contribution >= 0.6 is 15.9 Å². The van der Waals surface area contributed by atoms with Gasteiger partial charge in [0.05, 0.1) is 12.7 Å². The van der Waals surface area contributed by atoms with E-state index in [9.17, 15) is 9.18 Å². The van der Waals surface area contributed by atoms with Crippen LogP contribution < -0.4 is 10.1 Å². The lowest BCUT2D eigenvalue weighted by Gasteiger charge is -2.09. The van der Waals surface area contributed by atoms with Crippen LogP contribution in [0, 0.1) is 12.7 Å². The minimum absolute atomic E-state index is 0.248. The molecule has 2 aromatic carbocycles. The molecule has 0 spiro atoms. The minimum atomic E-state index is -0.274. The molecule has 5 heteroatoms. The maximum atomic E-state index is 13.5. The van der Waals surface area contributed by atoms with Gasteiger partial charge in [0.25, 0.3) is 5.91 Å². The van der Waals surface area contributed by atoms with Crippen LogP contribution in [0.3, 0.4) is 0 Å². The molecule has 0 heterocycles. The summed E-state index contributed by atoms with van der Waals surface area (Å²) in [7, 11) is 1.54. The van der Waals surface area contributed by atoms with Gasteiger partial charge in [-0.1, -0.05) is 12.1 Å². The van der Waals surface area contributed by atoms with E-state index in [0.717, 1.165) is 0 Å². The van der Waals surface area contributed by atoms with Crippen LogP contribution in [0.5, 0.6) is 5.75 Å². The van der Waals surface area contributed by atoms with E-state index in [4.69, 9.17) is 4.74 Å². The molecule has 2 rings (SSSR count). The Kier molecular flexibility index (Phi) is 4.96. The number of benzene rings is 2. The van der Waals surface area contributed by atoms with Gasteiger partial charge in [-0.3, -0.25) is 4.79 Å². The van der Waals surface area contributed by atoms with Crippen molar-refractivity contribution in [1.29, 1.82) is 0 Å². The summed E-state index contributed by atoms with van der Waals surface area (Å²) in [5.41, 5.74) is 1.77. The van der Waals surface area contributed by atoms with Gasteiger partial charge in [0.15, 0.2) is 0 Å². The number of nitrogens with one attached hydrogen (secondary N) is 1. The van der Waals surface area contributed by atoms with Crippen LogP contribution in [0.4, 0.5) is 4.39 Å². The van der Waals surface area contributed by atoms with E-state index in [0.29, 0.717) is 26.9 Å². The Morgan fingerprint density at radius 3 is 2.71 bits per heavy atom. The van der Waals surface area contributed by atoms with E-state index in [1.54, 1.807) is 44.4 Å². The summed E-state index contributed by atoms with van der Waals surface area (Å²) in [6.07, 6.45) is 0. The molecule has 1 N–H and O–H groups in total. The molecular weight excluding hydrogens is 337 g/mol. The summed E-state index contributed by atoms with van der Waals surface area (Å²) >= 11 is 3.33. The van der Waals surface area contributed by atoms with Gasteiger partial charge < -0.3 is 10.1 Å². The van der Waals surface area contributed by atoms with Gasteiger partial charge in [0.2, 0.25) is 0 Å². The van der Waals surface area contributed by atoms with Crippen molar-refractivity contribution in [2.45, 2.75) is 13.5 Å². The summed E-state index contributed by atoms with van der Waals surface area (Å²) in [6, 6.07) is 10.1. The Balaban J connectivity index is 2.09. The molecule has 0 unspecified atom stereocenters. The predicted molar refractivity (Wildman–Crippen MR) is 83.0 cm³/mol. The van der Waals surface area contributed by atoms with Crippen LogP contribution in [0.2, 0.25) is 0 Å². The van der Waals surface area contributed by atoms with Crippen LogP contribution in [0.1, 0.15) is 21.5 Å². The quantitative estimate of drug-likeness (QED) is 0.908. The molecule has 0 atom stereocenters. The Bertz CT molecular complexity index is 673. The fourth-order valence-corrected chi connectivity index (χ4v) is 2.26. The number of hydrogen-bond donors (Lipinski definition) is 1. The summed E-state index contributed by atoms with van der Waals surface area (Å²) in [5.74, 6) is 0.0794. The molecule has 0 aliphatic carbocycles. The van der Waals surface area contributed by atoms with Crippen molar-refractivity contribution in [3.8, 4) is 5.75 Å². The SMILES string of the molecule is COc1ccc(Br)c(C(=O)NCc2ccc(C)c(F)c2)c1. The number of methoxy groups -OCH3 is 1. The zero-order valence-corrected chi connectivity index (χ0v) is 13.3. The Labute approximate surface area is 131 Å². The van der Waals surface area contributed by atoms with E-state index < -0.39 is 0 Å². The molecule has 0 aromatic heterocycles. The Hall–Kier alpha value is -1.88. The van der Waals surface area contributed by atoms with Gasteiger partial charge in [-0.15, -0.1) is 0 Å². The maximum absolute atomic E-state index is 13.5. The molecule has 21 heavy (non-hydrogen) atoms. The average molecular weight is 352 g/mol. The molecule has 0 bridgehead atoms. The molecule has 0 saturated carbocycles. The Morgan fingerprint density at radius 1 is 1.29 bits per heavy atom. The summed E-state index contributed by atoms with van der Waals surface area (Å²) in [6.45, 7) is 1.96. The first-order chi connectivity index (χ1) is 10.0. The first kappa shape index (κ1) is 15.5. The lowest BCUT2D eigenvalue weighted by molar-refractivity contribution is 0.0949. The van der Waals surface area contributed by atoms with Crippen molar-refractivity contribution in [2.75, 3.05) is 7.11 Å². The van der Waals surface area contributed by atoms with Gasteiger partial charge in [0.1, 0.15) is 11.6 Å². The third-order valence-corrected chi connectivity index (χ3v) is 3.80. The maximum Gasteiger partial charge on any atom is 0.252 e. The second-order valence-electron chi connectivity index (χ2n) is 4.61. The molecule has 2 aromatic rings. The number of aryl methyl sites for hydroxylation is 1. The third kappa shape index (κ3) is 3.82. The van der Waals surface area contributed by atoms with Crippen LogP contribution in [-0.2, 0) is 6.54 Å². The highest BCUT2D eigenvalue weighted by Crippen LogP contribution is 2.22. The van der Waals surface area contributed by atoms with Crippen LogP contribution in [0.15, 0.2) is 40.9 Å². The topological polar surface area (TPSA) is 38.3 Å². The van der Waals surface area contributed by atoms with Crippen molar-refractivity contribution in [3.63, 3.8) is 0 Å².